The predicted molar refractivity (Wildman–Crippen MR) is 49.0 cm³/mol. The Labute approximate surface area is 88.8 Å². The molecule has 84 valence electrons. The van der Waals surface area contributed by atoms with Crippen LogP contribution in [0, 0.1) is 5.82 Å². The molecule has 1 aromatic rings. The third kappa shape index (κ3) is 3.35. The van der Waals surface area contributed by atoms with Gasteiger partial charge in [0.05, 0.1) is 11.4 Å². The average molecular weight is 242 g/mol. The third-order valence-electron chi connectivity index (χ3n) is 1.83. The van der Waals surface area contributed by atoms with Crippen LogP contribution >= 0.6 is 11.6 Å². The van der Waals surface area contributed by atoms with Crippen molar-refractivity contribution in [3.8, 4) is 0 Å². The van der Waals surface area contributed by atoms with Crippen LogP contribution in [0.4, 0.5) is 17.6 Å². The number of nitrogens with two attached hydrogens (primary N) is 1. The average Bonchev–Trinajstić information content (AvgIpc) is 2.06. The van der Waals surface area contributed by atoms with Crippen molar-refractivity contribution < 1.29 is 17.6 Å². The Morgan fingerprint density at radius 2 is 1.93 bits per heavy atom. The van der Waals surface area contributed by atoms with Crippen molar-refractivity contribution >= 4 is 11.6 Å². The number of rotatable bonds is 2. The molecule has 6 heteroatoms. The minimum Gasteiger partial charge on any atom is -0.324 e. The molecule has 0 fully saturated rings. The molecule has 1 nitrogen and oxygen atoms in total. The largest absolute Gasteiger partial charge is 0.390 e. The first-order valence-corrected chi connectivity index (χ1v) is 4.45. The highest BCUT2D eigenvalue weighted by molar-refractivity contribution is 6.30. The van der Waals surface area contributed by atoms with Crippen molar-refractivity contribution in [1.29, 1.82) is 0 Å². The molecule has 1 rings (SSSR count). The van der Waals surface area contributed by atoms with E-state index in [9.17, 15) is 17.6 Å². The lowest BCUT2D eigenvalue weighted by Gasteiger charge is -2.15. The predicted octanol–water partition coefficient (Wildman–Crippen LogP) is 3.43. The van der Waals surface area contributed by atoms with Crippen molar-refractivity contribution in [2.45, 2.75) is 18.6 Å². The highest BCUT2D eigenvalue weighted by Crippen LogP contribution is 2.30. The summed E-state index contributed by atoms with van der Waals surface area (Å²) in [5, 5.41) is -0.231. The summed E-state index contributed by atoms with van der Waals surface area (Å²) in [6.45, 7) is 0. The van der Waals surface area contributed by atoms with Crippen molar-refractivity contribution in [2.24, 2.45) is 5.73 Å². The first-order chi connectivity index (χ1) is 6.81. The first kappa shape index (κ1) is 12.3. The molecule has 0 radical (unpaired) electrons. The van der Waals surface area contributed by atoms with Gasteiger partial charge in [-0.3, -0.25) is 0 Å². The molecule has 0 amide bonds. The number of hydrogen-bond acceptors (Lipinski definition) is 1. The minimum absolute atomic E-state index is 0.222. The zero-order chi connectivity index (χ0) is 11.6. The van der Waals surface area contributed by atoms with Crippen LogP contribution < -0.4 is 5.73 Å². The zero-order valence-electron chi connectivity index (χ0n) is 7.48. The SMILES string of the molecule is N[C@H](CC(F)(F)F)c1cccc(Cl)c1F. The molecular weight excluding hydrogens is 234 g/mol. The van der Waals surface area contributed by atoms with E-state index in [0.717, 1.165) is 0 Å². The molecule has 0 bridgehead atoms. The fraction of sp³-hybridized carbons (Fsp3) is 0.333. The van der Waals surface area contributed by atoms with Crippen LogP contribution in [0.15, 0.2) is 18.2 Å². The zero-order valence-corrected chi connectivity index (χ0v) is 8.24. The molecule has 0 aromatic heterocycles. The van der Waals surface area contributed by atoms with Gasteiger partial charge in [0, 0.05) is 11.6 Å². The quantitative estimate of drug-likeness (QED) is 0.789. The molecule has 0 heterocycles. The second-order valence-electron chi connectivity index (χ2n) is 3.07. The molecule has 0 aliphatic heterocycles. The lowest BCUT2D eigenvalue weighted by Crippen LogP contribution is -2.21. The van der Waals surface area contributed by atoms with Crippen LogP contribution in [0.25, 0.3) is 0 Å². The van der Waals surface area contributed by atoms with Gasteiger partial charge in [0.1, 0.15) is 5.82 Å². The van der Waals surface area contributed by atoms with Gasteiger partial charge in [-0.25, -0.2) is 4.39 Å². The number of benzene rings is 1. The Balaban J connectivity index is 2.92. The number of alkyl halides is 3. The van der Waals surface area contributed by atoms with E-state index in [0.29, 0.717) is 0 Å². The minimum atomic E-state index is -4.42. The molecule has 2 N–H and O–H groups in total. The summed E-state index contributed by atoms with van der Waals surface area (Å²) in [6, 6.07) is 2.37. The van der Waals surface area contributed by atoms with Crippen LogP contribution in [0.1, 0.15) is 18.0 Å². The van der Waals surface area contributed by atoms with E-state index in [1.807, 2.05) is 0 Å². The van der Waals surface area contributed by atoms with Crippen molar-refractivity contribution in [3.05, 3.63) is 34.6 Å². The van der Waals surface area contributed by atoms with Gasteiger partial charge in [0.25, 0.3) is 0 Å². The van der Waals surface area contributed by atoms with E-state index in [1.165, 1.54) is 18.2 Å². The van der Waals surface area contributed by atoms with Gasteiger partial charge in [-0.15, -0.1) is 0 Å². The summed E-state index contributed by atoms with van der Waals surface area (Å²) in [4.78, 5) is 0. The maximum Gasteiger partial charge on any atom is 0.390 e. The van der Waals surface area contributed by atoms with Gasteiger partial charge < -0.3 is 5.73 Å². The fourth-order valence-electron chi connectivity index (χ4n) is 1.17. The van der Waals surface area contributed by atoms with Crippen LogP contribution in [-0.4, -0.2) is 6.18 Å². The van der Waals surface area contributed by atoms with Gasteiger partial charge in [-0.1, -0.05) is 23.7 Å². The summed E-state index contributed by atoms with van der Waals surface area (Å²) in [5.74, 6) is -0.893. The van der Waals surface area contributed by atoms with E-state index in [2.05, 4.69) is 0 Å². The third-order valence-corrected chi connectivity index (χ3v) is 2.12. The van der Waals surface area contributed by atoms with Crippen LogP contribution in [-0.2, 0) is 0 Å². The molecule has 0 aliphatic carbocycles. The van der Waals surface area contributed by atoms with Gasteiger partial charge in [0.2, 0.25) is 0 Å². The maximum atomic E-state index is 13.2. The summed E-state index contributed by atoms with van der Waals surface area (Å²) in [7, 11) is 0. The highest BCUT2D eigenvalue weighted by Gasteiger charge is 2.32. The molecule has 15 heavy (non-hydrogen) atoms. The maximum absolute atomic E-state index is 13.2. The standard InChI is InChI=1S/C9H8ClF4N/c10-6-3-1-2-5(8(6)11)7(15)4-9(12,13)14/h1-3,7H,4,15H2/t7-/m1/s1. The summed E-state index contributed by atoms with van der Waals surface area (Å²) < 4.78 is 49.2. The second kappa shape index (κ2) is 4.37. The van der Waals surface area contributed by atoms with Gasteiger partial charge in [0.15, 0.2) is 0 Å². The monoisotopic (exact) mass is 241 g/mol. The Kier molecular flexibility index (Phi) is 3.57. The first-order valence-electron chi connectivity index (χ1n) is 4.07. The summed E-state index contributed by atoms with van der Waals surface area (Å²) >= 11 is 5.42. The molecule has 0 aliphatic rings. The van der Waals surface area contributed by atoms with E-state index in [4.69, 9.17) is 17.3 Å². The molecule has 0 saturated heterocycles. The van der Waals surface area contributed by atoms with Crippen LogP contribution in [0.5, 0.6) is 0 Å². The van der Waals surface area contributed by atoms with E-state index < -0.39 is 24.5 Å². The Bertz CT molecular complexity index is 350. The van der Waals surface area contributed by atoms with E-state index in [1.54, 1.807) is 0 Å². The molecule has 0 saturated carbocycles. The molecule has 0 spiro atoms. The topological polar surface area (TPSA) is 26.0 Å². The fourth-order valence-corrected chi connectivity index (χ4v) is 1.35. The summed E-state index contributed by atoms with van der Waals surface area (Å²) in [5.41, 5.74) is 5.01. The Morgan fingerprint density at radius 3 is 2.47 bits per heavy atom. The molecule has 1 atom stereocenters. The Morgan fingerprint density at radius 1 is 1.33 bits per heavy atom. The van der Waals surface area contributed by atoms with Gasteiger partial charge in [-0.05, 0) is 6.07 Å². The van der Waals surface area contributed by atoms with Crippen LogP contribution in [0.2, 0.25) is 5.02 Å². The lowest BCUT2D eigenvalue weighted by molar-refractivity contribution is -0.138. The van der Waals surface area contributed by atoms with Crippen molar-refractivity contribution in [3.63, 3.8) is 0 Å². The molecule has 0 unspecified atom stereocenters. The van der Waals surface area contributed by atoms with E-state index in [-0.39, 0.29) is 10.6 Å². The molecule has 1 aromatic carbocycles. The summed E-state index contributed by atoms with van der Waals surface area (Å²) in [6.07, 6.45) is -5.70. The highest BCUT2D eigenvalue weighted by atomic mass is 35.5. The Hall–Kier alpha value is -0.810. The number of halogens is 5. The second-order valence-corrected chi connectivity index (χ2v) is 3.48. The normalized spacial score (nSPS) is 14.0. The molecular formula is C9H8ClF4N. The van der Waals surface area contributed by atoms with Gasteiger partial charge in [-0.2, -0.15) is 13.2 Å². The smallest absolute Gasteiger partial charge is 0.324 e. The lowest BCUT2D eigenvalue weighted by atomic mass is 10.0. The van der Waals surface area contributed by atoms with Crippen molar-refractivity contribution in [2.75, 3.05) is 0 Å². The van der Waals surface area contributed by atoms with E-state index >= 15 is 0 Å². The van der Waals surface area contributed by atoms with Crippen LogP contribution in [0.3, 0.4) is 0 Å². The number of hydrogen-bond donors (Lipinski definition) is 1. The van der Waals surface area contributed by atoms with Crippen molar-refractivity contribution in [1.82, 2.24) is 0 Å². The van der Waals surface area contributed by atoms with Gasteiger partial charge >= 0.3 is 6.18 Å².